The maximum Gasteiger partial charge on any atom is 0.300 e. The SMILES string of the molecule is O=C(CSc1nc2ccccc2c2nc(=O)c(-c3ccc(F)cc3)nn12)NC12CC3CC(CC(C3)C1)C2. The summed E-state index contributed by atoms with van der Waals surface area (Å²) in [4.78, 5) is 35.2. The van der Waals surface area contributed by atoms with Crippen LogP contribution in [0.15, 0.2) is 58.5 Å². The standard InChI is InChI=1S/C28H26FN5O2S/c29-20-7-5-19(6-8-20)24-26(36)31-25-21-3-1-2-4-22(21)30-27(34(25)33-24)37-15-23(35)32-28-12-16-9-17(13-28)11-18(10-16)14-28/h1-8,16-18H,9-15H2,(H,32,35). The Morgan fingerprint density at radius 3 is 2.38 bits per heavy atom. The van der Waals surface area contributed by atoms with Crippen molar-refractivity contribution in [3.63, 3.8) is 0 Å². The van der Waals surface area contributed by atoms with Crippen molar-refractivity contribution < 1.29 is 9.18 Å². The van der Waals surface area contributed by atoms with E-state index in [2.05, 4.69) is 15.4 Å². The Kier molecular flexibility index (Phi) is 5.32. The Bertz CT molecular complexity index is 1570. The average Bonchev–Trinajstić information content (AvgIpc) is 2.86. The second-order valence-corrected chi connectivity index (χ2v) is 11.9. The number of carbonyl (C=O) groups excluding carboxylic acids is 1. The molecule has 2 aromatic carbocycles. The van der Waals surface area contributed by atoms with Gasteiger partial charge in [0.25, 0.3) is 5.56 Å². The van der Waals surface area contributed by atoms with Crippen molar-refractivity contribution in [2.45, 2.75) is 49.2 Å². The van der Waals surface area contributed by atoms with Crippen LogP contribution in [-0.4, -0.2) is 36.8 Å². The van der Waals surface area contributed by atoms with Crippen LogP contribution in [-0.2, 0) is 4.79 Å². The lowest BCUT2D eigenvalue weighted by Gasteiger charge is -2.56. The summed E-state index contributed by atoms with van der Waals surface area (Å²) in [7, 11) is 0. The molecule has 188 valence electrons. The maximum atomic E-state index is 13.5. The van der Waals surface area contributed by atoms with Crippen molar-refractivity contribution in [1.82, 2.24) is 24.9 Å². The molecule has 9 heteroatoms. The molecule has 0 unspecified atom stereocenters. The lowest BCUT2D eigenvalue weighted by molar-refractivity contribution is -0.124. The van der Waals surface area contributed by atoms with Gasteiger partial charge >= 0.3 is 0 Å². The number of para-hydroxylation sites is 1. The maximum absolute atomic E-state index is 13.5. The van der Waals surface area contributed by atoms with Crippen LogP contribution in [0.4, 0.5) is 4.39 Å². The van der Waals surface area contributed by atoms with E-state index < -0.39 is 11.4 Å². The molecule has 37 heavy (non-hydrogen) atoms. The minimum absolute atomic E-state index is 0.00261. The minimum atomic E-state index is -0.501. The van der Waals surface area contributed by atoms with E-state index in [0.29, 0.717) is 27.3 Å². The zero-order valence-corrected chi connectivity index (χ0v) is 21.0. The summed E-state index contributed by atoms with van der Waals surface area (Å²) in [6.07, 6.45) is 7.26. The van der Waals surface area contributed by atoms with Gasteiger partial charge in [-0.05, 0) is 92.7 Å². The number of halogens is 1. The number of nitrogens with one attached hydrogen (secondary N) is 1. The Labute approximate surface area is 216 Å². The van der Waals surface area contributed by atoms with E-state index in [9.17, 15) is 14.0 Å². The third-order valence-electron chi connectivity index (χ3n) is 8.25. The van der Waals surface area contributed by atoms with Crippen LogP contribution in [0.1, 0.15) is 38.5 Å². The van der Waals surface area contributed by atoms with Gasteiger partial charge in [-0.3, -0.25) is 9.59 Å². The Hall–Kier alpha value is -3.33. The minimum Gasteiger partial charge on any atom is -0.350 e. The molecular formula is C28H26FN5O2S. The molecule has 0 spiro atoms. The molecule has 8 rings (SSSR count). The predicted molar refractivity (Wildman–Crippen MR) is 140 cm³/mol. The summed E-state index contributed by atoms with van der Waals surface area (Å²) in [5.74, 6) is 2.06. The molecule has 0 radical (unpaired) electrons. The van der Waals surface area contributed by atoms with Gasteiger partial charge in [0.15, 0.2) is 16.5 Å². The van der Waals surface area contributed by atoms with Crippen molar-refractivity contribution in [2.75, 3.05) is 5.75 Å². The van der Waals surface area contributed by atoms with E-state index in [4.69, 9.17) is 4.98 Å². The van der Waals surface area contributed by atoms with Crippen LogP contribution in [0.2, 0.25) is 0 Å². The van der Waals surface area contributed by atoms with Gasteiger partial charge in [0, 0.05) is 16.5 Å². The smallest absolute Gasteiger partial charge is 0.300 e. The molecule has 0 aliphatic heterocycles. The molecule has 4 aliphatic carbocycles. The molecule has 4 aliphatic rings. The number of carbonyl (C=O) groups is 1. The number of hydrogen-bond acceptors (Lipinski definition) is 6. The van der Waals surface area contributed by atoms with Gasteiger partial charge in [-0.15, -0.1) is 0 Å². The van der Waals surface area contributed by atoms with Crippen molar-refractivity contribution in [3.05, 3.63) is 64.7 Å². The second-order valence-electron chi connectivity index (χ2n) is 11.0. The number of aromatic nitrogens is 4. The number of hydrogen-bond donors (Lipinski definition) is 1. The quantitative estimate of drug-likeness (QED) is 0.237. The zero-order valence-electron chi connectivity index (χ0n) is 20.2. The molecule has 2 aromatic heterocycles. The van der Waals surface area contributed by atoms with E-state index in [-0.39, 0.29) is 22.9 Å². The number of nitrogens with zero attached hydrogens (tertiary/aromatic N) is 4. The monoisotopic (exact) mass is 515 g/mol. The molecule has 0 saturated heterocycles. The van der Waals surface area contributed by atoms with E-state index in [1.807, 2.05) is 24.3 Å². The van der Waals surface area contributed by atoms with Gasteiger partial charge in [-0.1, -0.05) is 23.9 Å². The number of thioether (sulfide) groups is 1. The summed E-state index contributed by atoms with van der Waals surface area (Å²) in [6, 6.07) is 13.0. The molecule has 4 fully saturated rings. The third kappa shape index (κ3) is 4.09. The lowest BCUT2D eigenvalue weighted by Crippen LogP contribution is -2.60. The summed E-state index contributed by atoms with van der Waals surface area (Å²) in [6.45, 7) is 0. The van der Waals surface area contributed by atoms with Crippen LogP contribution >= 0.6 is 11.8 Å². The summed E-state index contributed by atoms with van der Waals surface area (Å²) in [5.41, 5.74) is 1.08. The van der Waals surface area contributed by atoms with Crippen molar-refractivity contribution in [3.8, 4) is 11.3 Å². The molecule has 7 nitrogen and oxygen atoms in total. The van der Waals surface area contributed by atoms with Crippen molar-refractivity contribution in [1.29, 1.82) is 0 Å². The molecular weight excluding hydrogens is 489 g/mol. The zero-order chi connectivity index (χ0) is 25.1. The number of rotatable bonds is 5. The van der Waals surface area contributed by atoms with Gasteiger partial charge in [0.1, 0.15) is 5.82 Å². The van der Waals surface area contributed by atoms with Gasteiger partial charge < -0.3 is 5.32 Å². The molecule has 4 bridgehead atoms. The normalized spacial score (nSPS) is 26.1. The third-order valence-corrected chi connectivity index (χ3v) is 9.17. The number of amides is 1. The first-order valence-corrected chi connectivity index (χ1v) is 13.8. The summed E-state index contributed by atoms with van der Waals surface area (Å²) in [5, 5.41) is 9.17. The molecule has 1 N–H and O–H groups in total. The molecule has 4 aromatic rings. The van der Waals surface area contributed by atoms with Gasteiger partial charge in [-0.25, -0.2) is 9.37 Å². The van der Waals surface area contributed by atoms with E-state index in [0.717, 1.165) is 37.0 Å². The lowest BCUT2D eigenvalue weighted by atomic mass is 9.53. The van der Waals surface area contributed by atoms with Gasteiger partial charge in [-0.2, -0.15) is 14.6 Å². The van der Waals surface area contributed by atoms with Crippen molar-refractivity contribution >= 4 is 34.2 Å². The highest BCUT2D eigenvalue weighted by atomic mass is 32.2. The first-order chi connectivity index (χ1) is 17.9. The fraction of sp³-hybridized carbons (Fsp3) is 0.393. The van der Waals surface area contributed by atoms with E-state index in [1.165, 1.54) is 59.8 Å². The second kappa shape index (κ2) is 8.62. The van der Waals surface area contributed by atoms with Crippen LogP contribution in [0.25, 0.3) is 27.8 Å². The molecule has 0 atom stereocenters. The van der Waals surface area contributed by atoms with Crippen LogP contribution < -0.4 is 10.9 Å². The molecule has 4 saturated carbocycles. The highest BCUT2D eigenvalue weighted by Crippen LogP contribution is 2.55. The number of fused-ring (bicyclic) bond motifs is 3. The summed E-state index contributed by atoms with van der Waals surface area (Å²) < 4.78 is 15.0. The topological polar surface area (TPSA) is 89.2 Å². The largest absolute Gasteiger partial charge is 0.350 e. The summed E-state index contributed by atoms with van der Waals surface area (Å²) >= 11 is 1.29. The Morgan fingerprint density at radius 1 is 1.00 bits per heavy atom. The van der Waals surface area contributed by atoms with Crippen molar-refractivity contribution in [2.24, 2.45) is 17.8 Å². The molecule has 2 heterocycles. The van der Waals surface area contributed by atoms with Crippen LogP contribution in [0, 0.1) is 23.6 Å². The Balaban J connectivity index is 1.22. The van der Waals surface area contributed by atoms with Gasteiger partial charge in [0.2, 0.25) is 5.91 Å². The first-order valence-electron chi connectivity index (χ1n) is 12.8. The van der Waals surface area contributed by atoms with E-state index in [1.54, 1.807) is 0 Å². The fourth-order valence-corrected chi connectivity index (χ4v) is 7.96. The highest BCUT2D eigenvalue weighted by molar-refractivity contribution is 7.99. The van der Waals surface area contributed by atoms with Crippen LogP contribution in [0.5, 0.6) is 0 Å². The Morgan fingerprint density at radius 2 is 1.68 bits per heavy atom. The first kappa shape index (κ1) is 22.8. The molecule has 1 amide bonds. The number of benzene rings is 2. The highest BCUT2D eigenvalue weighted by Gasteiger charge is 2.51. The predicted octanol–water partition coefficient (Wildman–Crippen LogP) is 4.62. The average molecular weight is 516 g/mol. The van der Waals surface area contributed by atoms with E-state index >= 15 is 0 Å². The van der Waals surface area contributed by atoms with Gasteiger partial charge in [0.05, 0.1) is 11.3 Å². The fourth-order valence-electron chi connectivity index (χ4n) is 7.21. The van der Waals surface area contributed by atoms with Crippen LogP contribution in [0.3, 0.4) is 0 Å².